The molecule has 0 amide bonds. The summed E-state index contributed by atoms with van der Waals surface area (Å²) in [6, 6.07) is 3.81. The van der Waals surface area contributed by atoms with Gasteiger partial charge >= 0.3 is 0 Å². The molecule has 0 radical (unpaired) electrons. The molecule has 21 heavy (non-hydrogen) atoms. The highest BCUT2D eigenvalue weighted by Gasteiger charge is 2.14. The lowest BCUT2D eigenvalue weighted by Gasteiger charge is -2.06. The van der Waals surface area contributed by atoms with Gasteiger partial charge in [-0.2, -0.15) is 4.98 Å². The zero-order valence-electron chi connectivity index (χ0n) is 12.2. The monoisotopic (exact) mass is 300 g/mol. The van der Waals surface area contributed by atoms with Gasteiger partial charge < -0.3 is 10.3 Å². The van der Waals surface area contributed by atoms with Crippen molar-refractivity contribution >= 4 is 17.0 Å². The summed E-state index contributed by atoms with van der Waals surface area (Å²) in [6.45, 7) is 6.02. The van der Waals surface area contributed by atoms with Crippen LogP contribution in [-0.2, 0) is 6.42 Å². The average Bonchev–Trinajstić information content (AvgIpc) is 3.04. The second-order valence-corrected chi connectivity index (χ2v) is 6.12. The molecule has 0 unspecified atom stereocenters. The lowest BCUT2D eigenvalue weighted by Crippen LogP contribution is -1.94. The quantitative estimate of drug-likeness (QED) is 0.751. The maximum Gasteiger partial charge on any atom is 0.258 e. The molecule has 0 saturated heterocycles. The van der Waals surface area contributed by atoms with Crippen LogP contribution in [0.25, 0.3) is 11.5 Å². The van der Waals surface area contributed by atoms with Gasteiger partial charge in [0.15, 0.2) is 5.82 Å². The second kappa shape index (κ2) is 5.29. The van der Waals surface area contributed by atoms with Crippen molar-refractivity contribution in [1.29, 1.82) is 0 Å². The molecule has 3 rings (SSSR count). The standard InChI is InChI=1S/C15H16N4OS/c1-8-4-11(16)5-13(9(8)2)15-18-14(19-20-15)6-12-7-21-10(3)17-12/h4-5,7H,6,16H2,1-3H3. The van der Waals surface area contributed by atoms with Gasteiger partial charge in [0.1, 0.15) is 0 Å². The van der Waals surface area contributed by atoms with Crippen LogP contribution < -0.4 is 5.73 Å². The molecule has 2 N–H and O–H groups in total. The van der Waals surface area contributed by atoms with E-state index in [4.69, 9.17) is 10.3 Å². The van der Waals surface area contributed by atoms with Gasteiger partial charge in [-0.1, -0.05) is 5.16 Å². The summed E-state index contributed by atoms with van der Waals surface area (Å²) >= 11 is 1.62. The number of nitrogens with zero attached hydrogens (tertiary/aromatic N) is 3. The van der Waals surface area contributed by atoms with Crippen molar-refractivity contribution in [2.24, 2.45) is 0 Å². The van der Waals surface area contributed by atoms with E-state index in [1.54, 1.807) is 11.3 Å². The van der Waals surface area contributed by atoms with Crippen LogP contribution in [0.1, 0.15) is 27.7 Å². The summed E-state index contributed by atoms with van der Waals surface area (Å²) in [7, 11) is 0. The number of nitrogen functional groups attached to an aromatic ring is 1. The predicted molar refractivity (Wildman–Crippen MR) is 83.3 cm³/mol. The first-order chi connectivity index (χ1) is 10.0. The Labute approximate surface area is 126 Å². The Morgan fingerprint density at radius 3 is 2.71 bits per heavy atom. The van der Waals surface area contributed by atoms with Crippen LogP contribution in [0.2, 0.25) is 0 Å². The van der Waals surface area contributed by atoms with Crippen LogP contribution in [0.3, 0.4) is 0 Å². The molecule has 0 aliphatic heterocycles. The lowest BCUT2D eigenvalue weighted by molar-refractivity contribution is 0.423. The summed E-state index contributed by atoms with van der Waals surface area (Å²) in [5, 5.41) is 7.09. The minimum Gasteiger partial charge on any atom is -0.399 e. The summed E-state index contributed by atoms with van der Waals surface area (Å²) in [5.41, 5.74) is 10.7. The molecule has 2 heterocycles. The number of aromatic nitrogens is 3. The molecule has 0 bridgehead atoms. The molecule has 6 heteroatoms. The highest BCUT2D eigenvalue weighted by atomic mass is 32.1. The van der Waals surface area contributed by atoms with E-state index in [1.165, 1.54) is 0 Å². The van der Waals surface area contributed by atoms with E-state index in [0.717, 1.165) is 27.4 Å². The molecule has 0 saturated carbocycles. The third-order valence-corrected chi connectivity index (χ3v) is 4.22. The molecule has 0 atom stereocenters. The minimum atomic E-state index is 0.504. The Kier molecular flexibility index (Phi) is 3.47. The third kappa shape index (κ3) is 2.80. The van der Waals surface area contributed by atoms with Gasteiger partial charge in [-0.15, -0.1) is 11.3 Å². The first kappa shape index (κ1) is 13.8. The fourth-order valence-electron chi connectivity index (χ4n) is 2.20. The maximum atomic E-state index is 5.90. The van der Waals surface area contributed by atoms with Gasteiger partial charge in [0.05, 0.1) is 17.1 Å². The average molecular weight is 300 g/mol. The molecule has 5 nitrogen and oxygen atoms in total. The first-order valence-electron chi connectivity index (χ1n) is 6.63. The number of hydrogen-bond donors (Lipinski definition) is 1. The van der Waals surface area contributed by atoms with Crippen LogP contribution in [-0.4, -0.2) is 15.1 Å². The number of aryl methyl sites for hydroxylation is 2. The van der Waals surface area contributed by atoms with E-state index < -0.39 is 0 Å². The van der Waals surface area contributed by atoms with E-state index in [9.17, 15) is 0 Å². The Morgan fingerprint density at radius 2 is 2.00 bits per heavy atom. The molecular weight excluding hydrogens is 284 g/mol. The van der Waals surface area contributed by atoms with Crippen LogP contribution in [0, 0.1) is 20.8 Å². The van der Waals surface area contributed by atoms with E-state index in [1.807, 2.05) is 38.3 Å². The van der Waals surface area contributed by atoms with Crippen LogP contribution in [0.4, 0.5) is 5.69 Å². The highest BCUT2D eigenvalue weighted by Crippen LogP contribution is 2.27. The molecule has 0 fully saturated rings. The van der Waals surface area contributed by atoms with Gasteiger partial charge in [0.2, 0.25) is 0 Å². The number of hydrogen-bond acceptors (Lipinski definition) is 6. The van der Waals surface area contributed by atoms with Crippen molar-refractivity contribution in [2.45, 2.75) is 27.2 Å². The van der Waals surface area contributed by atoms with Gasteiger partial charge in [-0.3, -0.25) is 0 Å². The zero-order valence-corrected chi connectivity index (χ0v) is 13.0. The van der Waals surface area contributed by atoms with E-state index >= 15 is 0 Å². The number of nitrogens with two attached hydrogens (primary N) is 1. The second-order valence-electron chi connectivity index (χ2n) is 5.06. The molecule has 0 aliphatic rings. The topological polar surface area (TPSA) is 77.8 Å². The molecule has 3 aromatic rings. The van der Waals surface area contributed by atoms with Crippen LogP contribution in [0.15, 0.2) is 22.0 Å². The fraction of sp³-hybridized carbons (Fsp3) is 0.267. The number of rotatable bonds is 3. The lowest BCUT2D eigenvalue weighted by atomic mass is 10.0. The number of thiazole rings is 1. The Balaban J connectivity index is 1.91. The van der Waals surface area contributed by atoms with E-state index in [0.29, 0.717) is 23.8 Å². The Morgan fingerprint density at radius 1 is 1.19 bits per heavy atom. The van der Waals surface area contributed by atoms with Crippen molar-refractivity contribution in [3.63, 3.8) is 0 Å². The zero-order chi connectivity index (χ0) is 15.0. The largest absolute Gasteiger partial charge is 0.399 e. The molecule has 0 aliphatic carbocycles. The third-order valence-electron chi connectivity index (χ3n) is 3.39. The number of anilines is 1. The maximum absolute atomic E-state index is 5.90. The molecule has 108 valence electrons. The SMILES string of the molecule is Cc1nc(Cc2noc(-c3cc(N)cc(C)c3C)n2)cs1. The predicted octanol–water partition coefficient (Wildman–Crippen LogP) is 3.29. The normalized spacial score (nSPS) is 11.0. The summed E-state index contributed by atoms with van der Waals surface area (Å²) in [4.78, 5) is 8.87. The van der Waals surface area contributed by atoms with Gasteiger partial charge in [0.25, 0.3) is 5.89 Å². The van der Waals surface area contributed by atoms with E-state index in [-0.39, 0.29) is 0 Å². The van der Waals surface area contributed by atoms with Crippen LogP contribution >= 0.6 is 11.3 Å². The number of benzene rings is 1. The Bertz CT molecular complexity index is 791. The summed E-state index contributed by atoms with van der Waals surface area (Å²) in [6.07, 6.45) is 0.578. The van der Waals surface area contributed by atoms with Crippen molar-refractivity contribution < 1.29 is 4.52 Å². The van der Waals surface area contributed by atoms with Crippen molar-refractivity contribution in [3.05, 3.63) is 45.2 Å². The summed E-state index contributed by atoms with van der Waals surface area (Å²) in [5.74, 6) is 1.14. The smallest absolute Gasteiger partial charge is 0.258 e. The van der Waals surface area contributed by atoms with Gasteiger partial charge in [-0.25, -0.2) is 4.98 Å². The van der Waals surface area contributed by atoms with Crippen molar-refractivity contribution in [1.82, 2.24) is 15.1 Å². The minimum absolute atomic E-state index is 0.504. The highest BCUT2D eigenvalue weighted by molar-refractivity contribution is 7.09. The van der Waals surface area contributed by atoms with E-state index in [2.05, 4.69) is 15.1 Å². The van der Waals surface area contributed by atoms with Crippen molar-refractivity contribution in [3.8, 4) is 11.5 Å². The van der Waals surface area contributed by atoms with Gasteiger partial charge in [0, 0.05) is 16.6 Å². The van der Waals surface area contributed by atoms with Crippen LogP contribution in [0.5, 0.6) is 0 Å². The van der Waals surface area contributed by atoms with Gasteiger partial charge in [-0.05, 0) is 44.0 Å². The molecular formula is C15H16N4OS. The molecule has 2 aromatic heterocycles. The molecule has 0 spiro atoms. The Hall–Kier alpha value is -2.21. The summed E-state index contributed by atoms with van der Waals surface area (Å²) < 4.78 is 5.38. The first-order valence-corrected chi connectivity index (χ1v) is 7.51. The fourth-order valence-corrected chi connectivity index (χ4v) is 2.81. The molecule has 1 aromatic carbocycles. The van der Waals surface area contributed by atoms with Crippen molar-refractivity contribution in [2.75, 3.05) is 5.73 Å².